The Kier molecular flexibility index (Phi) is 5.78. The first-order valence-corrected chi connectivity index (χ1v) is 9.71. The molecule has 1 aliphatic heterocycles. The molecule has 150 valence electrons. The van der Waals surface area contributed by atoms with Gasteiger partial charge in [-0.25, -0.2) is 14.4 Å². The lowest BCUT2D eigenvalue weighted by atomic mass is 10.1. The lowest BCUT2D eigenvalue weighted by molar-refractivity contribution is 0.122. The van der Waals surface area contributed by atoms with Gasteiger partial charge in [0.1, 0.15) is 11.6 Å². The van der Waals surface area contributed by atoms with Crippen LogP contribution in [0.25, 0.3) is 0 Å². The molecule has 1 saturated heterocycles. The second kappa shape index (κ2) is 8.63. The first-order chi connectivity index (χ1) is 14.1. The fraction of sp³-hybridized carbons (Fsp3) is 0.238. The molecular formula is C21H21ClFN5O. The summed E-state index contributed by atoms with van der Waals surface area (Å²) in [6, 6.07) is 12.6. The quantitative estimate of drug-likeness (QED) is 0.580. The molecule has 6 nitrogen and oxygen atoms in total. The van der Waals surface area contributed by atoms with Crippen LogP contribution in [0.5, 0.6) is 0 Å². The SMILES string of the molecule is Cc1ccc(Nc2cc(F)cc(N3CCOCC3)c2)cc1Nc1ccnc(Cl)n1. The van der Waals surface area contributed by atoms with Crippen LogP contribution in [0.3, 0.4) is 0 Å². The minimum Gasteiger partial charge on any atom is -0.378 e. The molecule has 3 aromatic rings. The zero-order valence-corrected chi connectivity index (χ0v) is 16.7. The number of hydrogen-bond donors (Lipinski definition) is 2. The van der Waals surface area contributed by atoms with Gasteiger partial charge >= 0.3 is 0 Å². The lowest BCUT2D eigenvalue weighted by Gasteiger charge is -2.29. The monoisotopic (exact) mass is 413 g/mol. The Morgan fingerprint density at radius 3 is 2.66 bits per heavy atom. The molecule has 2 heterocycles. The molecule has 0 bridgehead atoms. The van der Waals surface area contributed by atoms with Crippen LogP contribution in [-0.4, -0.2) is 36.3 Å². The van der Waals surface area contributed by atoms with Crippen molar-refractivity contribution in [1.29, 1.82) is 0 Å². The summed E-state index contributed by atoms with van der Waals surface area (Å²) in [5.74, 6) is 0.322. The van der Waals surface area contributed by atoms with Gasteiger partial charge in [0.2, 0.25) is 5.28 Å². The third-order valence-electron chi connectivity index (χ3n) is 4.67. The molecule has 2 aromatic carbocycles. The normalized spacial score (nSPS) is 14.0. The highest BCUT2D eigenvalue weighted by molar-refractivity contribution is 6.28. The van der Waals surface area contributed by atoms with Gasteiger partial charge in [0.15, 0.2) is 0 Å². The molecule has 0 amide bonds. The molecule has 0 saturated carbocycles. The van der Waals surface area contributed by atoms with E-state index in [1.165, 1.54) is 6.07 Å². The maximum Gasteiger partial charge on any atom is 0.224 e. The van der Waals surface area contributed by atoms with Crippen molar-refractivity contribution in [2.75, 3.05) is 41.8 Å². The summed E-state index contributed by atoms with van der Waals surface area (Å²) in [6.45, 7) is 4.80. The van der Waals surface area contributed by atoms with E-state index in [1.54, 1.807) is 18.3 Å². The zero-order valence-electron chi connectivity index (χ0n) is 16.0. The number of nitrogens with zero attached hydrogens (tertiary/aromatic N) is 3. The number of aromatic nitrogens is 2. The molecule has 8 heteroatoms. The van der Waals surface area contributed by atoms with E-state index in [0.717, 1.165) is 35.7 Å². The van der Waals surface area contributed by atoms with E-state index < -0.39 is 0 Å². The van der Waals surface area contributed by atoms with Gasteiger partial charge in [0.05, 0.1) is 13.2 Å². The smallest absolute Gasteiger partial charge is 0.224 e. The van der Waals surface area contributed by atoms with Gasteiger partial charge in [0, 0.05) is 42.0 Å². The summed E-state index contributed by atoms with van der Waals surface area (Å²) < 4.78 is 19.6. The first kappa shape index (κ1) is 19.4. The Morgan fingerprint density at radius 2 is 1.86 bits per heavy atom. The van der Waals surface area contributed by atoms with E-state index in [0.29, 0.717) is 24.7 Å². The maximum atomic E-state index is 14.2. The van der Waals surface area contributed by atoms with Gasteiger partial charge in [-0.3, -0.25) is 0 Å². The summed E-state index contributed by atoms with van der Waals surface area (Å²) in [4.78, 5) is 10.2. The van der Waals surface area contributed by atoms with Gasteiger partial charge in [-0.15, -0.1) is 0 Å². The molecule has 4 rings (SSSR count). The molecule has 0 unspecified atom stereocenters. The Morgan fingerprint density at radius 1 is 1.03 bits per heavy atom. The summed E-state index contributed by atoms with van der Waals surface area (Å²) in [5, 5.41) is 6.71. The number of nitrogens with one attached hydrogen (secondary N) is 2. The minimum atomic E-state index is -0.280. The topological polar surface area (TPSA) is 62.3 Å². The summed E-state index contributed by atoms with van der Waals surface area (Å²) >= 11 is 5.86. The van der Waals surface area contributed by atoms with Gasteiger partial charge in [-0.1, -0.05) is 6.07 Å². The number of anilines is 5. The summed E-state index contributed by atoms with van der Waals surface area (Å²) in [7, 11) is 0. The molecule has 0 spiro atoms. The number of aryl methyl sites for hydroxylation is 1. The molecule has 1 aliphatic rings. The molecule has 29 heavy (non-hydrogen) atoms. The van der Waals surface area contributed by atoms with E-state index in [9.17, 15) is 4.39 Å². The molecule has 0 atom stereocenters. The Balaban J connectivity index is 1.55. The highest BCUT2D eigenvalue weighted by Gasteiger charge is 2.13. The fourth-order valence-corrected chi connectivity index (χ4v) is 3.34. The third kappa shape index (κ3) is 4.93. The fourth-order valence-electron chi connectivity index (χ4n) is 3.19. The van der Waals surface area contributed by atoms with Crippen LogP contribution >= 0.6 is 11.6 Å². The van der Waals surface area contributed by atoms with Gasteiger partial charge in [0.25, 0.3) is 0 Å². The molecular weight excluding hydrogens is 393 g/mol. The van der Waals surface area contributed by atoms with Gasteiger partial charge in [-0.2, -0.15) is 0 Å². The highest BCUT2D eigenvalue weighted by Crippen LogP contribution is 2.28. The number of rotatable bonds is 5. The van der Waals surface area contributed by atoms with Crippen LogP contribution in [0, 0.1) is 12.7 Å². The van der Waals surface area contributed by atoms with Crippen molar-refractivity contribution >= 4 is 40.2 Å². The second-order valence-electron chi connectivity index (χ2n) is 6.79. The van der Waals surface area contributed by atoms with Crippen molar-refractivity contribution < 1.29 is 9.13 Å². The Bertz CT molecular complexity index is 1010. The van der Waals surface area contributed by atoms with Crippen LogP contribution in [0.2, 0.25) is 5.28 Å². The van der Waals surface area contributed by atoms with Crippen LogP contribution in [0.1, 0.15) is 5.56 Å². The van der Waals surface area contributed by atoms with Crippen molar-refractivity contribution in [2.45, 2.75) is 6.92 Å². The van der Waals surface area contributed by atoms with E-state index >= 15 is 0 Å². The van der Waals surface area contributed by atoms with Crippen LogP contribution in [-0.2, 0) is 4.74 Å². The maximum absolute atomic E-state index is 14.2. The van der Waals surface area contributed by atoms with Gasteiger partial charge in [-0.05, 0) is 60.5 Å². The summed E-state index contributed by atoms with van der Waals surface area (Å²) in [6.07, 6.45) is 1.59. The Hall–Kier alpha value is -2.90. The van der Waals surface area contributed by atoms with Crippen molar-refractivity contribution in [2.24, 2.45) is 0 Å². The average molecular weight is 414 g/mol. The average Bonchev–Trinajstić information content (AvgIpc) is 2.71. The van der Waals surface area contributed by atoms with Crippen LogP contribution in [0.15, 0.2) is 48.7 Å². The standard InChI is InChI=1S/C21H21ClFN5O/c1-14-2-3-16(13-19(14)26-20-4-5-24-21(22)27-20)25-17-10-15(23)11-18(12-17)28-6-8-29-9-7-28/h2-5,10-13,25H,6-9H2,1H3,(H,24,26,27). The second-order valence-corrected chi connectivity index (χ2v) is 7.13. The van der Waals surface area contributed by atoms with Crippen molar-refractivity contribution in [3.63, 3.8) is 0 Å². The van der Waals surface area contributed by atoms with Crippen LogP contribution in [0.4, 0.5) is 33.0 Å². The number of halogens is 2. The predicted molar refractivity (Wildman–Crippen MR) is 114 cm³/mol. The number of hydrogen-bond acceptors (Lipinski definition) is 6. The number of benzene rings is 2. The largest absolute Gasteiger partial charge is 0.378 e. The van der Waals surface area contributed by atoms with E-state index in [-0.39, 0.29) is 11.1 Å². The Labute approximate surface area is 173 Å². The zero-order chi connectivity index (χ0) is 20.2. The lowest BCUT2D eigenvalue weighted by Crippen LogP contribution is -2.36. The third-order valence-corrected chi connectivity index (χ3v) is 4.86. The van der Waals surface area contributed by atoms with Gasteiger partial charge < -0.3 is 20.3 Å². The molecule has 2 N–H and O–H groups in total. The predicted octanol–water partition coefficient (Wildman–Crippen LogP) is 4.90. The number of morpholine rings is 1. The molecule has 1 aromatic heterocycles. The van der Waals surface area contributed by atoms with Crippen molar-refractivity contribution in [3.8, 4) is 0 Å². The van der Waals surface area contributed by atoms with Crippen LogP contribution < -0.4 is 15.5 Å². The molecule has 1 fully saturated rings. The summed E-state index contributed by atoms with van der Waals surface area (Å²) in [5.41, 5.74) is 4.27. The number of ether oxygens (including phenoxy) is 1. The highest BCUT2D eigenvalue weighted by atomic mass is 35.5. The van der Waals surface area contributed by atoms with E-state index in [1.807, 2.05) is 31.2 Å². The van der Waals surface area contributed by atoms with Crippen molar-refractivity contribution in [3.05, 3.63) is 65.3 Å². The van der Waals surface area contributed by atoms with Crippen molar-refractivity contribution in [1.82, 2.24) is 9.97 Å². The van der Waals surface area contributed by atoms with E-state index in [4.69, 9.17) is 16.3 Å². The van der Waals surface area contributed by atoms with E-state index in [2.05, 4.69) is 25.5 Å². The minimum absolute atomic E-state index is 0.178. The first-order valence-electron chi connectivity index (χ1n) is 9.33. The molecule has 0 radical (unpaired) electrons. The molecule has 0 aliphatic carbocycles.